The first-order valence-corrected chi connectivity index (χ1v) is 8.04. The van der Waals surface area contributed by atoms with Crippen molar-refractivity contribution < 1.29 is 9.50 Å². The summed E-state index contributed by atoms with van der Waals surface area (Å²) >= 11 is 0. The molecule has 20 heavy (non-hydrogen) atoms. The van der Waals surface area contributed by atoms with Gasteiger partial charge in [-0.05, 0) is 61.1 Å². The number of hydrogen-bond acceptors (Lipinski definition) is 1. The maximum atomic E-state index is 13.3. The molecule has 2 heteroatoms. The van der Waals surface area contributed by atoms with Crippen molar-refractivity contribution in [1.29, 1.82) is 0 Å². The second kappa shape index (κ2) is 6.71. The van der Waals surface area contributed by atoms with E-state index in [1.54, 1.807) is 6.07 Å². The summed E-state index contributed by atoms with van der Waals surface area (Å²) in [5.74, 6) is 0.0304. The summed E-state index contributed by atoms with van der Waals surface area (Å²) in [6, 6.07) is 6.44. The predicted molar refractivity (Wildman–Crippen MR) is 80.9 cm³/mol. The predicted octanol–water partition coefficient (Wildman–Crippen LogP) is 5.25. The molecule has 0 unspecified atom stereocenters. The van der Waals surface area contributed by atoms with Crippen LogP contribution in [0, 0.1) is 17.2 Å². The summed E-state index contributed by atoms with van der Waals surface area (Å²) in [5.41, 5.74) is 1.15. The monoisotopic (exact) mass is 278 g/mol. The number of aliphatic hydroxyl groups excluding tert-OH is 1. The summed E-state index contributed by atoms with van der Waals surface area (Å²) in [4.78, 5) is 0. The topological polar surface area (TPSA) is 20.2 Å². The van der Waals surface area contributed by atoms with Gasteiger partial charge >= 0.3 is 0 Å². The van der Waals surface area contributed by atoms with Gasteiger partial charge in [0.2, 0.25) is 0 Å². The standard InChI is InChI=1S/C18H27FO/c1-3-9-18(10-4-2)11-8-15(13-18)17(20)14-6-5-7-16(19)12-14/h5-7,12,15,17,20H,3-4,8-11,13H2,1-2H3/t15-,17+/m0/s1. The zero-order valence-electron chi connectivity index (χ0n) is 12.7. The second-order valence-electron chi connectivity index (χ2n) is 6.50. The quantitative estimate of drug-likeness (QED) is 0.754. The van der Waals surface area contributed by atoms with Gasteiger partial charge in [-0.1, -0.05) is 38.8 Å². The highest BCUT2D eigenvalue weighted by Crippen LogP contribution is 2.51. The van der Waals surface area contributed by atoms with Crippen LogP contribution in [0.25, 0.3) is 0 Å². The Morgan fingerprint density at radius 2 is 2.00 bits per heavy atom. The fourth-order valence-electron chi connectivity index (χ4n) is 4.12. The van der Waals surface area contributed by atoms with Gasteiger partial charge in [0.05, 0.1) is 6.10 Å². The van der Waals surface area contributed by atoms with Gasteiger partial charge in [-0.25, -0.2) is 4.39 Å². The number of hydrogen-bond donors (Lipinski definition) is 1. The summed E-state index contributed by atoms with van der Waals surface area (Å²) < 4.78 is 13.3. The third-order valence-electron chi connectivity index (χ3n) is 4.94. The van der Waals surface area contributed by atoms with E-state index in [0.717, 1.165) is 18.4 Å². The largest absolute Gasteiger partial charge is 0.388 e. The molecule has 1 saturated carbocycles. The molecule has 1 fully saturated rings. The highest BCUT2D eigenvalue weighted by atomic mass is 19.1. The molecule has 0 aromatic heterocycles. The molecule has 0 aliphatic heterocycles. The molecule has 1 aliphatic rings. The smallest absolute Gasteiger partial charge is 0.123 e. The highest BCUT2D eigenvalue weighted by molar-refractivity contribution is 5.20. The summed E-state index contributed by atoms with van der Waals surface area (Å²) in [7, 11) is 0. The van der Waals surface area contributed by atoms with E-state index in [2.05, 4.69) is 13.8 Å². The van der Waals surface area contributed by atoms with Crippen LogP contribution in [0.5, 0.6) is 0 Å². The molecule has 0 saturated heterocycles. The van der Waals surface area contributed by atoms with Crippen molar-refractivity contribution in [3.63, 3.8) is 0 Å². The van der Waals surface area contributed by atoms with Gasteiger partial charge in [0.25, 0.3) is 0 Å². The molecule has 2 atom stereocenters. The lowest BCUT2D eigenvalue weighted by Gasteiger charge is -2.29. The van der Waals surface area contributed by atoms with Gasteiger partial charge in [-0.3, -0.25) is 0 Å². The Labute approximate surface area is 122 Å². The molecule has 1 aromatic carbocycles. The molecule has 0 bridgehead atoms. The van der Waals surface area contributed by atoms with Crippen LogP contribution in [0.2, 0.25) is 0 Å². The van der Waals surface area contributed by atoms with Crippen molar-refractivity contribution in [3.8, 4) is 0 Å². The molecule has 1 aromatic rings. The summed E-state index contributed by atoms with van der Waals surface area (Å²) in [6.07, 6.45) is 7.79. The van der Waals surface area contributed by atoms with E-state index in [4.69, 9.17) is 0 Å². The minimum Gasteiger partial charge on any atom is -0.388 e. The molecule has 0 spiro atoms. The third kappa shape index (κ3) is 3.41. The zero-order chi connectivity index (χ0) is 14.6. The van der Waals surface area contributed by atoms with E-state index in [0.29, 0.717) is 5.41 Å². The lowest BCUT2D eigenvalue weighted by Crippen LogP contribution is -2.18. The molecule has 2 rings (SSSR count). The van der Waals surface area contributed by atoms with E-state index in [-0.39, 0.29) is 11.7 Å². The SMILES string of the molecule is CCCC1(CCC)CC[C@H]([C@H](O)c2cccc(F)c2)C1. The van der Waals surface area contributed by atoms with Crippen LogP contribution in [0.3, 0.4) is 0 Å². The second-order valence-corrected chi connectivity index (χ2v) is 6.50. The van der Waals surface area contributed by atoms with Crippen molar-refractivity contribution in [2.45, 2.75) is 64.9 Å². The Morgan fingerprint density at radius 1 is 1.30 bits per heavy atom. The molecule has 1 nitrogen and oxygen atoms in total. The molecule has 0 heterocycles. The first-order valence-electron chi connectivity index (χ1n) is 8.04. The van der Waals surface area contributed by atoms with Crippen molar-refractivity contribution in [3.05, 3.63) is 35.6 Å². The van der Waals surface area contributed by atoms with E-state index >= 15 is 0 Å². The first kappa shape index (κ1) is 15.5. The van der Waals surface area contributed by atoms with Crippen LogP contribution >= 0.6 is 0 Å². The highest BCUT2D eigenvalue weighted by Gasteiger charge is 2.40. The van der Waals surface area contributed by atoms with Gasteiger partial charge < -0.3 is 5.11 Å². The Hall–Kier alpha value is -0.890. The fraction of sp³-hybridized carbons (Fsp3) is 0.667. The Balaban J connectivity index is 2.07. The normalized spacial score (nSPS) is 22.9. The lowest BCUT2D eigenvalue weighted by molar-refractivity contribution is 0.0985. The van der Waals surface area contributed by atoms with Crippen LogP contribution in [-0.2, 0) is 0 Å². The van der Waals surface area contributed by atoms with E-state index in [1.807, 2.05) is 6.07 Å². The number of benzene rings is 1. The zero-order valence-corrected chi connectivity index (χ0v) is 12.7. The van der Waals surface area contributed by atoms with Crippen molar-refractivity contribution in [2.24, 2.45) is 11.3 Å². The molecular formula is C18H27FO. The average Bonchev–Trinajstić information content (AvgIpc) is 2.83. The first-order chi connectivity index (χ1) is 9.60. The average molecular weight is 278 g/mol. The number of aliphatic hydroxyl groups is 1. The van der Waals surface area contributed by atoms with E-state index in [9.17, 15) is 9.50 Å². The molecule has 112 valence electrons. The van der Waals surface area contributed by atoms with Crippen molar-refractivity contribution in [2.75, 3.05) is 0 Å². The van der Waals surface area contributed by atoms with Crippen LogP contribution in [0.4, 0.5) is 4.39 Å². The molecular weight excluding hydrogens is 251 g/mol. The Morgan fingerprint density at radius 3 is 2.60 bits per heavy atom. The number of rotatable bonds is 6. The van der Waals surface area contributed by atoms with Gasteiger partial charge in [0.15, 0.2) is 0 Å². The van der Waals surface area contributed by atoms with Gasteiger partial charge in [0, 0.05) is 0 Å². The molecule has 0 amide bonds. The van der Waals surface area contributed by atoms with Crippen molar-refractivity contribution >= 4 is 0 Å². The van der Waals surface area contributed by atoms with Crippen LogP contribution in [-0.4, -0.2) is 5.11 Å². The van der Waals surface area contributed by atoms with Gasteiger partial charge in [0.1, 0.15) is 5.82 Å². The van der Waals surface area contributed by atoms with Crippen molar-refractivity contribution in [1.82, 2.24) is 0 Å². The van der Waals surface area contributed by atoms with Crippen LogP contribution in [0.15, 0.2) is 24.3 Å². The Kier molecular flexibility index (Phi) is 5.20. The molecule has 1 aliphatic carbocycles. The van der Waals surface area contributed by atoms with Crippen LogP contribution < -0.4 is 0 Å². The van der Waals surface area contributed by atoms with Gasteiger partial charge in [-0.15, -0.1) is 0 Å². The van der Waals surface area contributed by atoms with E-state index < -0.39 is 6.10 Å². The minimum absolute atomic E-state index is 0.257. The maximum absolute atomic E-state index is 13.3. The molecule has 1 N–H and O–H groups in total. The summed E-state index contributed by atoms with van der Waals surface area (Å²) in [6.45, 7) is 4.49. The van der Waals surface area contributed by atoms with Gasteiger partial charge in [-0.2, -0.15) is 0 Å². The third-order valence-corrected chi connectivity index (χ3v) is 4.94. The maximum Gasteiger partial charge on any atom is 0.123 e. The van der Waals surface area contributed by atoms with Crippen LogP contribution in [0.1, 0.15) is 70.5 Å². The Bertz CT molecular complexity index is 423. The fourth-order valence-corrected chi connectivity index (χ4v) is 4.12. The van der Waals surface area contributed by atoms with E-state index in [1.165, 1.54) is 44.2 Å². The minimum atomic E-state index is -0.513. The molecule has 0 radical (unpaired) electrons. The summed E-state index contributed by atoms with van der Waals surface area (Å²) in [5, 5.41) is 10.5. The lowest BCUT2D eigenvalue weighted by atomic mass is 9.76. The number of halogens is 1.